The van der Waals surface area contributed by atoms with Crippen molar-refractivity contribution in [2.45, 2.75) is 24.6 Å². The predicted octanol–water partition coefficient (Wildman–Crippen LogP) is 0.341. The Balaban J connectivity index is 2.13. The third-order valence-electron chi connectivity index (χ3n) is 3.27. The fraction of sp³-hybridized carbons (Fsp3) is 1.00. The summed E-state index contributed by atoms with van der Waals surface area (Å²) in [6.45, 7) is 2.63. The summed E-state index contributed by atoms with van der Waals surface area (Å²) in [5.74, 6) is 0.0720. The van der Waals surface area contributed by atoms with Crippen molar-refractivity contribution < 1.29 is 18.5 Å². The molecule has 2 heterocycles. The molecule has 1 unspecified atom stereocenters. The first-order valence-corrected chi connectivity index (χ1v) is 7.75. The van der Waals surface area contributed by atoms with Crippen LogP contribution >= 0.6 is 6.37 Å². The second kappa shape index (κ2) is 4.38. The summed E-state index contributed by atoms with van der Waals surface area (Å²) in [6.07, 6.45) is -2.73. The summed E-state index contributed by atoms with van der Waals surface area (Å²) in [5.41, 5.74) is -0.582. The zero-order chi connectivity index (χ0) is 12.0. The van der Waals surface area contributed by atoms with Gasteiger partial charge >= 0.3 is 0 Å². The van der Waals surface area contributed by atoms with Gasteiger partial charge in [0.1, 0.15) is 19.8 Å². The molecule has 0 N–H and O–H groups in total. The lowest BCUT2D eigenvalue weighted by Crippen LogP contribution is -2.48. The summed E-state index contributed by atoms with van der Waals surface area (Å²) in [5, 5.41) is 0. The Bertz CT molecular complexity index is 317. The molecule has 2 saturated heterocycles. The Morgan fingerprint density at radius 1 is 1.44 bits per heavy atom. The van der Waals surface area contributed by atoms with Crippen LogP contribution < -0.4 is 0 Å². The first kappa shape index (κ1) is 13.1. The van der Waals surface area contributed by atoms with E-state index in [1.807, 2.05) is 6.92 Å². The van der Waals surface area contributed by atoms with Crippen LogP contribution in [0.2, 0.25) is 0 Å². The third kappa shape index (κ3) is 2.14. The average Bonchev–Trinajstić information content (AvgIpc) is 2.45. The molecule has 3 atom stereocenters. The van der Waals surface area contributed by atoms with Gasteiger partial charge in [-0.15, -0.1) is 0 Å². The van der Waals surface area contributed by atoms with Gasteiger partial charge in [0, 0.05) is 19.0 Å². The van der Waals surface area contributed by atoms with E-state index in [-0.39, 0.29) is 12.0 Å². The van der Waals surface area contributed by atoms with E-state index in [1.165, 1.54) is 0 Å². The molecule has 0 bridgehead atoms. The highest BCUT2D eigenvalue weighted by atomic mass is 32.4. The lowest BCUT2D eigenvalue weighted by Gasteiger charge is -2.40. The van der Waals surface area contributed by atoms with Crippen LogP contribution in [0.3, 0.4) is 0 Å². The second-order valence-corrected chi connectivity index (χ2v) is 7.35. The molecular weight excluding hydrogens is 245 g/mol. The van der Waals surface area contributed by atoms with E-state index in [1.54, 1.807) is 7.11 Å². The van der Waals surface area contributed by atoms with Gasteiger partial charge in [0.05, 0.1) is 19.3 Å². The van der Waals surface area contributed by atoms with Crippen molar-refractivity contribution in [1.82, 2.24) is 0 Å². The molecule has 86 valence electrons. The van der Waals surface area contributed by atoms with Crippen molar-refractivity contribution in [1.29, 1.82) is 0 Å². The lowest BCUT2D eigenvalue weighted by atomic mass is 9.83. The summed E-state index contributed by atoms with van der Waals surface area (Å²) in [4.78, 5) is 0. The van der Waals surface area contributed by atoms with Crippen LogP contribution in [0.1, 0.15) is 6.92 Å². The maximum Gasteiger partial charge on any atom is 0.200 e. The van der Waals surface area contributed by atoms with E-state index in [9.17, 15) is 0 Å². The predicted molar refractivity (Wildman–Crippen MR) is 65.3 cm³/mol. The number of hydrogen-bond donors (Lipinski definition) is 0. The van der Waals surface area contributed by atoms with Crippen molar-refractivity contribution in [3.8, 4) is 0 Å². The van der Waals surface area contributed by atoms with E-state index in [0.29, 0.717) is 13.2 Å². The van der Waals surface area contributed by atoms with E-state index in [0.717, 1.165) is 0 Å². The zero-order valence-electron chi connectivity index (χ0n) is 9.29. The third-order valence-corrected chi connectivity index (χ3v) is 4.88. The monoisotopic (exact) mass is 258 g/mol. The van der Waals surface area contributed by atoms with Crippen LogP contribution in [0.15, 0.2) is 0 Å². The van der Waals surface area contributed by atoms with Crippen LogP contribution in [-0.4, -0.2) is 53.4 Å². The molecule has 0 amide bonds. The normalized spacial score (nSPS) is 53.2. The summed E-state index contributed by atoms with van der Waals surface area (Å²) in [7, 11) is 13.1. The lowest BCUT2D eigenvalue weighted by molar-refractivity contribution is -0.105. The molecule has 2 aliphatic heterocycles. The molecule has 2 rings (SSSR count). The van der Waals surface area contributed by atoms with Crippen LogP contribution in [0.25, 0.3) is 0 Å². The Labute approximate surface area is 103 Å². The molecule has 8 heteroatoms. The molecule has 0 aliphatic carbocycles. The van der Waals surface area contributed by atoms with Gasteiger partial charge in [-0.3, -0.25) is 0 Å². The molecule has 16 heavy (non-hydrogen) atoms. The number of ether oxygens (including phenoxy) is 2. The van der Waals surface area contributed by atoms with Crippen molar-refractivity contribution in [3.05, 3.63) is 0 Å². The summed E-state index contributed by atoms with van der Waals surface area (Å²) >= 11 is 4.97. The highest BCUT2D eigenvalue weighted by Gasteiger charge is 2.54. The summed E-state index contributed by atoms with van der Waals surface area (Å²) in [6, 6.07) is -0.471. The molecular formula is C8H13B2O4PS. The fourth-order valence-corrected chi connectivity index (χ4v) is 3.36. The van der Waals surface area contributed by atoms with E-state index in [4.69, 9.17) is 45.7 Å². The summed E-state index contributed by atoms with van der Waals surface area (Å²) < 4.78 is 21.7. The Morgan fingerprint density at radius 2 is 2.00 bits per heavy atom. The maximum atomic E-state index is 5.85. The smallest absolute Gasteiger partial charge is 0.200 e. The van der Waals surface area contributed by atoms with Gasteiger partial charge in [-0.05, 0) is 11.8 Å². The van der Waals surface area contributed by atoms with Gasteiger partial charge in [0.2, 0.25) is 0 Å². The van der Waals surface area contributed by atoms with Crippen molar-refractivity contribution in [2.75, 3.05) is 20.3 Å². The molecule has 0 aromatic carbocycles. The molecule has 0 aromatic rings. The quantitative estimate of drug-likeness (QED) is 0.500. The molecule has 2 fully saturated rings. The van der Waals surface area contributed by atoms with Gasteiger partial charge in [-0.25, -0.2) is 0 Å². The molecule has 0 aromatic heterocycles. The molecule has 4 radical (unpaired) electrons. The number of methoxy groups -OCH3 is 1. The van der Waals surface area contributed by atoms with E-state index < -0.39 is 18.0 Å². The SMILES string of the molecule is [B][C@@H]1OC2(COP([B])(=S)OC2)C(C)[C@@H]1OC. The van der Waals surface area contributed by atoms with E-state index in [2.05, 4.69) is 0 Å². The number of rotatable bonds is 1. The van der Waals surface area contributed by atoms with Gasteiger partial charge < -0.3 is 18.5 Å². The number of hydrogen-bond acceptors (Lipinski definition) is 5. The Hall–Kier alpha value is 0.620. The maximum absolute atomic E-state index is 5.85. The zero-order valence-corrected chi connectivity index (χ0v) is 11.0. The first-order valence-electron chi connectivity index (χ1n) is 5.04. The minimum Gasteiger partial charge on any atom is -0.379 e. The van der Waals surface area contributed by atoms with Gasteiger partial charge in [-0.2, -0.15) is 0 Å². The molecule has 4 nitrogen and oxygen atoms in total. The second-order valence-electron chi connectivity index (χ2n) is 4.22. The minimum absolute atomic E-state index is 0.0720. The Kier molecular flexibility index (Phi) is 3.57. The average molecular weight is 258 g/mol. The first-order chi connectivity index (χ1) is 7.40. The highest BCUT2D eigenvalue weighted by Crippen LogP contribution is 2.52. The molecule has 1 spiro atoms. The highest BCUT2D eigenvalue weighted by molar-refractivity contribution is 8.21. The van der Waals surface area contributed by atoms with Gasteiger partial charge in [-0.1, -0.05) is 6.92 Å². The van der Waals surface area contributed by atoms with E-state index >= 15 is 0 Å². The van der Waals surface area contributed by atoms with Gasteiger partial charge in [0.15, 0.2) is 7.57 Å². The molecule has 0 saturated carbocycles. The topological polar surface area (TPSA) is 36.9 Å². The standard InChI is InChI=1S/C8H13B2O4PS/c1-5-6(11-2)7(9)14-8(5)3-12-15(10,16)13-4-8/h5-7H,3-4H2,1-2H3/t5?,6-,7+,8?,15?/m0/s1. The van der Waals surface area contributed by atoms with Crippen LogP contribution in [-0.2, 0) is 30.3 Å². The largest absolute Gasteiger partial charge is 0.379 e. The minimum atomic E-state index is -2.57. The fourth-order valence-electron chi connectivity index (χ4n) is 2.18. The van der Waals surface area contributed by atoms with Crippen LogP contribution in [0.4, 0.5) is 0 Å². The molecule has 2 aliphatic rings. The van der Waals surface area contributed by atoms with Crippen LogP contribution in [0.5, 0.6) is 0 Å². The van der Waals surface area contributed by atoms with Crippen molar-refractivity contribution >= 4 is 33.6 Å². The van der Waals surface area contributed by atoms with Crippen molar-refractivity contribution in [3.63, 3.8) is 0 Å². The van der Waals surface area contributed by atoms with Crippen LogP contribution in [0, 0.1) is 5.92 Å². The van der Waals surface area contributed by atoms with Gasteiger partial charge in [0.25, 0.3) is 0 Å². The Morgan fingerprint density at radius 3 is 2.44 bits per heavy atom. The van der Waals surface area contributed by atoms with Crippen molar-refractivity contribution in [2.24, 2.45) is 5.92 Å².